The third-order valence-electron chi connectivity index (χ3n) is 3.68. The monoisotopic (exact) mass is 313 g/mol. The van der Waals surface area contributed by atoms with Gasteiger partial charge in [-0.1, -0.05) is 6.07 Å². The van der Waals surface area contributed by atoms with E-state index in [1.165, 1.54) is 12.1 Å². The minimum absolute atomic E-state index is 0.0524. The molecule has 2 rings (SSSR count). The molecule has 7 nitrogen and oxygen atoms in total. The number of hydrogen-bond acceptors (Lipinski definition) is 5. The van der Waals surface area contributed by atoms with Crippen molar-refractivity contribution in [2.24, 2.45) is 5.92 Å². The van der Waals surface area contributed by atoms with Gasteiger partial charge in [-0.25, -0.2) is 8.42 Å². The second kappa shape index (κ2) is 6.40. The maximum atomic E-state index is 12.2. The summed E-state index contributed by atoms with van der Waals surface area (Å²) in [4.78, 5) is 10.4. The van der Waals surface area contributed by atoms with Crippen LogP contribution in [-0.4, -0.2) is 32.2 Å². The van der Waals surface area contributed by atoms with Crippen molar-refractivity contribution >= 4 is 21.4 Å². The largest absolute Gasteiger partial charge is 0.317 e. The summed E-state index contributed by atoms with van der Waals surface area (Å²) in [6.07, 6.45) is 1.66. The molecule has 0 saturated carbocycles. The molecule has 0 aromatic heterocycles. The summed E-state index contributed by atoms with van der Waals surface area (Å²) < 4.78 is 26.9. The van der Waals surface area contributed by atoms with Gasteiger partial charge in [0.05, 0.1) is 21.9 Å². The number of nitrogens with zero attached hydrogens (tertiary/aromatic N) is 1. The molecule has 1 heterocycles. The fourth-order valence-corrected chi connectivity index (χ4v) is 4.09. The average molecular weight is 313 g/mol. The molecule has 1 fully saturated rings. The molecule has 8 heteroatoms. The summed E-state index contributed by atoms with van der Waals surface area (Å²) in [5.41, 5.74) is 0.520. The van der Waals surface area contributed by atoms with Gasteiger partial charge in [0.15, 0.2) is 0 Å². The van der Waals surface area contributed by atoms with Crippen LogP contribution in [0.4, 0.5) is 11.4 Å². The highest BCUT2D eigenvalue weighted by molar-refractivity contribution is 7.92. The van der Waals surface area contributed by atoms with E-state index in [9.17, 15) is 18.5 Å². The molecule has 1 aliphatic rings. The van der Waals surface area contributed by atoms with Crippen molar-refractivity contribution in [2.75, 3.05) is 23.6 Å². The molecule has 21 heavy (non-hydrogen) atoms. The van der Waals surface area contributed by atoms with Gasteiger partial charge in [-0.2, -0.15) is 0 Å². The van der Waals surface area contributed by atoms with Crippen molar-refractivity contribution in [1.29, 1.82) is 0 Å². The Labute approximate surface area is 123 Å². The molecular formula is C13H19N3O4S. The minimum Gasteiger partial charge on any atom is -0.317 e. The molecule has 0 aliphatic carbocycles. The predicted octanol–water partition coefficient (Wildman–Crippen LogP) is 1.64. The van der Waals surface area contributed by atoms with Gasteiger partial charge in [0, 0.05) is 6.07 Å². The van der Waals surface area contributed by atoms with E-state index in [0.29, 0.717) is 5.56 Å². The zero-order valence-corrected chi connectivity index (χ0v) is 12.6. The topological polar surface area (TPSA) is 101 Å². The molecule has 1 aliphatic heterocycles. The highest BCUT2D eigenvalue weighted by atomic mass is 32.2. The molecule has 0 radical (unpaired) electrons. The van der Waals surface area contributed by atoms with Crippen molar-refractivity contribution in [3.05, 3.63) is 33.9 Å². The van der Waals surface area contributed by atoms with Gasteiger partial charge in [0.1, 0.15) is 0 Å². The summed E-state index contributed by atoms with van der Waals surface area (Å²) in [5, 5.41) is 14.1. The number of nitro groups is 1. The first-order valence-electron chi connectivity index (χ1n) is 6.84. The highest BCUT2D eigenvalue weighted by Crippen LogP contribution is 2.26. The Morgan fingerprint density at radius 1 is 1.38 bits per heavy atom. The van der Waals surface area contributed by atoms with Crippen LogP contribution < -0.4 is 10.0 Å². The normalized spacial score (nSPS) is 16.6. The van der Waals surface area contributed by atoms with Crippen LogP contribution >= 0.6 is 0 Å². The van der Waals surface area contributed by atoms with Crippen molar-refractivity contribution in [2.45, 2.75) is 19.8 Å². The lowest BCUT2D eigenvalue weighted by Gasteiger charge is -2.22. The van der Waals surface area contributed by atoms with Crippen LogP contribution in [-0.2, 0) is 10.0 Å². The third-order valence-corrected chi connectivity index (χ3v) is 5.12. The second-order valence-electron chi connectivity index (χ2n) is 5.28. The highest BCUT2D eigenvalue weighted by Gasteiger charge is 2.23. The SMILES string of the molecule is Cc1c(NS(=O)(=O)CC2CCNCC2)cccc1[N+](=O)[O-]. The number of sulfonamides is 1. The number of anilines is 1. The van der Waals surface area contributed by atoms with E-state index >= 15 is 0 Å². The lowest BCUT2D eigenvalue weighted by molar-refractivity contribution is -0.385. The molecule has 0 spiro atoms. The fraction of sp³-hybridized carbons (Fsp3) is 0.538. The van der Waals surface area contributed by atoms with Crippen LogP contribution in [0.25, 0.3) is 0 Å². The summed E-state index contributed by atoms with van der Waals surface area (Å²) in [7, 11) is -3.50. The molecule has 1 aromatic carbocycles. The Kier molecular flexibility index (Phi) is 4.79. The maximum absolute atomic E-state index is 12.2. The van der Waals surface area contributed by atoms with E-state index in [-0.39, 0.29) is 23.0 Å². The maximum Gasteiger partial charge on any atom is 0.274 e. The van der Waals surface area contributed by atoms with Crippen molar-refractivity contribution < 1.29 is 13.3 Å². The third kappa shape index (κ3) is 4.15. The zero-order chi connectivity index (χ0) is 15.5. The van der Waals surface area contributed by atoms with Crippen molar-refractivity contribution in [3.63, 3.8) is 0 Å². The minimum atomic E-state index is -3.50. The molecule has 2 N–H and O–H groups in total. The summed E-state index contributed by atoms with van der Waals surface area (Å²) in [6.45, 7) is 3.20. The van der Waals surface area contributed by atoms with Crippen LogP contribution in [0.5, 0.6) is 0 Å². The standard InChI is InChI=1S/C13H19N3O4S/c1-10-12(3-2-4-13(10)16(17)18)15-21(19,20)9-11-5-7-14-8-6-11/h2-4,11,14-15H,5-9H2,1H3. The van der Waals surface area contributed by atoms with Crippen LogP contribution in [0.3, 0.4) is 0 Å². The zero-order valence-electron chi connectivity index (χ0n) is 11.8. The number of piperidine rings is 1. The van der Waals surface area contributed by atoms with Gasteiger partial charge in [0.25, 0.3) is 5.69 Å². The van der Waals surface area contributed by atoms with Gasteiger partial charge in [-0.3, -0.25) is 14.8 Å². The van der Waals surface area contributed by atoms with Crippen LogP contribution in [0.15, 0.2) is 18.2 Å². The smallest absolute Gasteiger partial charge is 0.274 e. The average Bonchev–Trinajstić information content (AvgIpc) is 2.41. The Morgan fingerprint density at radius 3 is 2.67 bits per heavy atom. The number of nitrogens with one attached hydrogen (secondary N) is 2. The predicted molar refractivity (Wildman–Crippen MR) is 80.8 cm³/mol. The first-order valence-corrected chi connectivity index (χ1v) is 8.49. The van der Waals surface area contributed by atoms with Gasteiger partial charge in [-0.15, -0.1) is 0 Å². The van der Waals surface area contributed by atoms with Gasteiger partial charge in [0.2, 0.25) is 10.0 Å². The molecule has 1 saturated heterocycles. The van der Waals surface area contributed by atoms with Crippen molar-refractivity contribution in [1.82, 2.24) is 5.32 Å². The van der Waals surface area contributed by atoms with E-state index in [1.54, 1.807) is 13.0 Å². The van der Waals surface area contributed by atoms with Gasteiger partial charge < -0.3 is 5.32 Å². The number of rotatable bonds is 5. The number of nitro benzene ring substituents is 1. The van der Waals surface area contributed by atoms with E-state index < -0.39 is 14.9 Å². The Balaban J connectivity index is 2.13. The van der Waals surface area contributed by atoms with Gasteiger partial charge in [-0.05, 0) is 44.8 Å². The van der Waals surface area contributed by atoms with E-state index in [0.717, 1.165) is 25.9 Å². The molecule has 1 aromatic rings. The van der Waals surface area contributed by atoms with E-state index in [4.69, 9.17) is 0 Å². The van der Waals surface area contributed by atoms with Crippen molar-refractivity contribution in [3.8, 4) is 0 Å². The van der Waals surface area contributed by atoms with Crippen LogP contribution in [0, 0.1) is 23.0 Å². The quantitative estimate of drug-likeness (QED) is 0.635. The lowest BCUT2D eigenvalue weighted by atomic mass is 10.0. The first-order chi connectivity index (χ1) is 9.89. The molecule has 116 valence electrons. The second-order valence-corrected chi connectivity index (χ2v) is 7.05. The van der Waals surface area contributed by atoms with E-state index in [1.807, 2.05) is 0 Å². The lowest BCUT2D eigenvalue weighted by Crippen LogP contribution is -2.33. The molecule has 0 bridgehead atoms. The number of hydrogen-bond donors (Lipinski definition) is 2. The number of benzene rings is 1. The fourth-order valence-electron chi connectivity index (χ4n) is 2.50. The van der Waals surface area contributed by atoms with E-state index in [2.05, 4.69) is 10.0 Å². The molecular weight excluding hydrogens is 294 g/mol. The van der Waals surface area contributed by atoms with Gasteiger partial charge >= 0.3 is 0 Å². The van der Waals surface area contributed by atoms with Crippen LogP contribution in [0.1, 0.15) is 18.4 Å². The first kappa shape index (κ1) is 15.7. The summed E-state index contributed by atoms with van der Waals surface area (Å²) in [6, 6.07) is 4.38. The Morgan fingerprint density at radius 2 is 2.05 bits per heavy atom. The molecule has 0 amide bonds. The summed E-state index contributed by atoms with van der Waals surface area (Å²) >= 11 is 0. The van der Waals surface area contributed by atoms with Crippen LogP contribution in [0.2, 0.25) is 0 Å². The Hall–Kier alpha value is -1.67. The Bertz CT molecular complexity index is 624. The molecule has 0 unspecified atom stereocenters. The molecule has 0 atom stereocenters. The summed E-state index contributed by atoms with van der Waals surface area (Å²) in [5.74, 6) is 0.180.